The fourth-order valence-corrected chi connectivity index (χ4v) is 2.82. The number of hydrogen-bond donors (Lipinski definition) is 0. The molecule has 0 N–H and O–H groups in total. The Bertz CT molecular complexity index is 468. The van der Waals surface area contributed by atoms with E-state index in [2.05, 4.69) is 0 Å². The van der Waals surface area contributed by atoms with Crippen LogP contribution in [0, 0.1) is 0 Å². The zero-order valence-corrected chi connectivity index (χ0v) is 14.5. The number of carbonyl (C=O) groups excluding carboxylic acids is 1. The van der Waals surface area contributed by atoms with Crippen molar-refractivity contribution in [3.8, 4) is 0 Å². The second-order valence-electron chi connectivity index (χ2n) is 6.93. The Hall–Kier alpha value is -0.820. The lowest BCUT2D eigenvalue weighted by atomic mass is 10.1. The van der Waals surface area contributed by atoms with Gasteiger partial charge in [-0.1, -0.05) is 0 Å². The molecule has 1 saturated heterocycles. The topological polar surface area (TPSA) is 72.9 Å². The Balaban J connectivity index is 2.39. The molecule has 7 heteroatoms. The molecule has 0 aromatic rings. The van der Waals surface area contributed by atoms with Gasteiger partial charge in [-0.15, -0.1) is 0 Å². The van der Waals surface area contributed by atoms with Crippen LogP contribution in [0.2, 0.25) is 0 Å². The molecular weight excluding hydrogens is 294 g/mol. The zero-order valence-electron chi connectivity index (χ0n) is 13.6. The predicted octanol–water partition coefficient (Wildman–Crippen LogP) is 1.84. The van der Waals surface area contributed by atoms with Crippen molar-refractivity contribution in [2.45, 2.75) is 51.7 Å². The smallest absolute Gasteiger partial charge is 0.410 e. The maximum atomic E-state index is 12.0. The van der Waals surface area contributed by atoms with Crippen LogP contribution in [0.5, 0.6) is 0 Å². The first-order valence-electron chi connectivity index (χ1n) is 7.20. The van der Waals surface area contributed by atoms with Crippen molar-refractivity contribution in [3.63, 3.8) is 0 Å². The van der Waals surface area contributed by atoms with Crippen LogP contribution in [0.25, 0.3) is 0 Å². The summed E-state index contributed by atoms with van der Waals surface area (Å²) >= 11 is 0. The highest BCUT2D eigenvalue weighted by Crippen LogP contribution is 2.26. The normalized spacial score (nSPS) is 23.4. The van der Waals surface area contributed by atoms with Gasteiger partial charge in [-0.05, 0) is 40.5 Å². The van der Waals surface area contributed by atoms with Crippen molar-refractivity contribution < 1.29 is 22.7 Å². The lowest BCUT2D eigenvalue weighted by Gasteiger charge is -2.27. The van der Waals surface area contributed by atoms with Gasteiger partial charge >= 0.3 is 6.09 Å². The van der Waals surface area contributed by atoms with Gasteiger partial charge in [0.1, 0.15) is 15.4 Å². The molecule has 1 rings (SSSR count). The monoisotopic (exact) mass is 321 g/mol. The number of rotatable bonds is 5. The SMILES string of the molecule is CC(C)(C)OC(=O)N1CCC(C)(OCCCS(C)(=O)=O)C1. The van der Waals surface area contributed by atoms with Crippen molar-refractivity contribution in [2.75, 3.05) is 31.7 Å². The van der Waals surface area contributed by atoms with E-state index in [1.807, 2.05) is 27.7 Å². The number of hydrogen-bond acceptors (Lipinski definition) is 5. The van der Waals surface area contributed by atoms with Crippen molar-refractivity contribution in [1.29, 1.82) is 0 Å². The molecule has 0 aromatic carbocycles. The molecule has 6 nitrogen and oxygen atoms in total. The number of amides is 1. The summed E-state index contributed by atoms with van der Waals surface area (Å²) in [7, 11) is -2.95. The summed E-state index contributed by atoms with van der Waals surface area (Å²) in [6.45, 7) is 8.90. The fourth-order valence-electron chi connectivity index (χ4n) is 2.17. The van der Waals surface area contributed by atoms with Gasteiger partial charge in [-0.3, -0.25) is 0 Å². The molecule has 1 amide bonds. The second kappa shape index (κ2) is 6.52. The van der Waals surface area contributed by atoms with E-state index in [1.165, 1.54) is 6.26 Å². The summed E-state index contributed by atoms with van der Waals surface area (Å²) in [5.74, 6) is 0.124. The maximum Gasteiger partial charge on any atom is 0.410 e. The number of nitrogens with zero attached hydrogens (tertiary/aromatic N) is 1. The molecule has 0 radical (unpaired) electrons. The van der Waals surface area contributed by atoms with Crippen molar-refractivity contribution in [2.24, 2.45) is 0 Å². The maximum absolute atomic E-state index is 12.0. The molecule has 1 unspecified atom stereocenters. The van der Waals surface area contributed by atoms with Gasteiger partial charge in [0.05, 0.1) is 17.9 Å². The Morgan fingerprint density at radius 3 is 2.48 bits per heavy atom. The van der Waals surface area contributed by atoms with Gasteiger partial charge in [-0.2, -0.15) is 0 Å². The first-order valence-corrected chi connectivity index (χ1v) is 9.26. The van der Waals surface area contributed by atoms with E-state index in [0.717, 1.165) is 6.42 Å². The molecular formula is C14H27NO5S. The minimum Gasteiger partial charge on any atom is -0.444 e. The lowest BCUT2D eigenvalue weighted by molar-refractivity contribution is -0.0266. The van der Waals surface area contributed by atoms with Gasteiger partial charge in [0.15, 0.2) is 0 Å². The largest absolute Gasteiger partial charge is 0.444 e. The van der Waals surface area contributed by atoms with E-state index in [0.29, 0.717) is 26.1 Å². The highest BCUT2D eigenvalue weighted by atomic mass is 32.2. The Labute approximate surface area is 127 Å². The van der Waals surface area contributed by atoms with Crippen LogP contribution in [0.1, 0.15) is 40.5 Å². The molecule has 0 aromatic heterocycles. The predicted molar refractivity (Wildman–Crippen MR) is 81.1 cm³/mol. The summed E-state index contributed by atoms with van der Waals surface area (Å²) in [5, 5.41) is 0. The van der Waals surface area contributed by atoms with Gasteiger partial charge in [-0.25, -0.2) is 13.2 Å². The quantitative estimate of drug-likeness (QED) is 0.722. The Kier molecular flexibility index (Phi) is 5.66. The zero-order chi connectivity index (χ0) is 16.3. The van der Waals surface area contributed by atoms with Crippen LogP contribution in [0.3, 0.4) is 0 Å². The molecule has 124 valence electrons. The Morgan fingerprint density at radius 2 is 1.95 bits per heavy atom. The van der Waals surface area contributed by atoms with E-state index >= 15 is 0 Å². The van der Waals surface area contributed by atoms with Gasteiger partial charge in [0.2, 0.25) is 0 Å². The molecule has 21 heavy (non-hydrogen) atoms. The minimum absolute atomic E-state index is 0.124. The molecule has 0 spiro atoms. The highest BCUT2D eigenvalue weighted by molar-refractivity contribution is 7.90. The third-order valence-electron chi connectivity index (χ3n) is 3.20. The van der Waals surface area contributed by atoms with Crippen molar-refractivity contribution >= 4 is 15.9 Å². The second-order valence-corrected chi connectivity index (χ2v) is 9.19. The molecule has 0 saturated carbocycles. The van der Waals surface area contributed by atoms with Crippen LogP contribution in [0.4, 0.5) is 4.79 Å². The summed E-state index contributed by atoms with van der Waals surface area (Å²) < 4.78 is 33.2. The van der Waals surface area contributed by atoms with Gasteiger partial charge in [0, 0.05) is 19.4 Å². The summed E-state index contributed by atoms with van der Waals surface area (Å²) in [6, 6.07) is 0. The van der Waals surface area contributed by atoms with E-state index in [9.17, 15) is 13.2 Å². The number of sulfone groups is 1. The summed E-state index contributed by atoms with van der Waals surface area (Å²) in [6.07, 6.45) is 2.09. The molecule has 1 aliphatic heterocycles. The van der Waals surface area contributed by atoms with E-state index in [1.54, 1.807) is 4.90 Å². The van der Waals surface area contributed by atoms with Crippen LogP contribution in [0.15, 0.2) is 0 Å². The third kappa shape index (κ3) is 7.13. The van der Waals surface area contributed by atoms with Crippen LogP contribution < -0.4 is 0 Å². The van der Waals surface area contributed by atoms with Crippen LogP contribution >= 0.6 is 0 Å². The van der Waals surface area contributed by atoms with E-state index in [4.69, 9.17) is 9.47 Å². The van der Waals surface area contributed by atoms with Crippen molar-refractivity contribution in [1.82, 2.24) is 4.90 Å². The third-order valence-corrected chi connectivity index (χ3v) is 4.23. The average molecular weight is 321 g/mol. The minimum atomic E-state index is -2.95. The average Bonchev–Trinajstić information content (AvgIpc) is 2.65. The van der Waals surface area contributed by atoms with E-state index in [-0.39, 0.29) is 11.8 Å². The van der Waals surface area contributed by atoms with E-state index < -0.39 is 21.0 Å². The molecule has 1 aliphatic rings. The molecule has 1 fully saturated rings. The number of likely N-dealkylation sites (tertiary alicyclic amines) is 1. The Morgan fingerprint density at radius 1 is 1.33 bits per heavy atom. The summed E-state index contributed by atoms with van der Waals surface area (Å²) in [4.78, 5) is 13.6. The first kappa shape index (κ1) is 18.2. The van der Waals surface area contributed by atoms with Crippen LogP contribution in [-0.2, 0) is 19.3 Å². The molecule has 0 bridgehead atoms. The summed E-state index contributed by atoms with van der Waals surface area (Å²) in [5.41, 5.74) is -0.930. The number of ether oxygens (including phenoxy) is 2. The molecule has 1 heterocycles. The van der Waals surface area contributed by atoms with Crippen molar-refractivity contribution in [3.05, 3.63) is 0 Å². The highest BCUT2D eigenvalue weighted by Gasteiger charge is 2.38. The molecule has 1 atom stereocenters. The van der Waals surface area contributed by atoms with Gasteiger partial charge < -0.3 is 14.4 Å². The lowest BCUT2D eigenvalue weighted by Crippen LogP contribution is -2.39. The van der Waals surface area contributed by atoms with Crippen LogP contribution in [-0.4, -0.2) is 62.3 Å². The fraction of sp³-hybridized carbons (Fsp3) is 0.929. The number of carbonyl (C=O) groups is 1. The first-order chi connectivity index (χ1) is 9.40. The van der Waals surface area contributed by atoms with Gasteiger partial charge in [0.25, 0.3) is 0 Å². The molecule has 0 aliphatic carbocycles. The standard InChI is InChI=1S/C14H27NO5S/c1-13(2,3)20-12(16)15-8-7-14(4,11-15)19-9-6-10-21(5,17)18/h6-11H2,1-5H3.